The van der Waals surface area contributed by atoms with Gasteiger partial charge in [0.05, 0.1) is 12.1 Å². The molecule has 0 radical (unpaired) electrons. The third-order valence-electron chi connectivity index (χ3n) is 5.55. The van der Waals surface area contributed by atoms with Gasteiger partial charge in [-0.3, -0.25) is 14.4 Å². The Morgan fingerprint density at radius 1 is 1.20 bits per heavy atom. The number of oxazole rings is 1. The number of nitrogens with zero attached hydrogens (tertiary/aromatic N) is 3. The zero-order chi connectivity index (χ0) is 21.4. The number of imide groups is 1. The number of amides is 3. The second-order valence-electron chi connectivity index (χ2n) is 7.50. The highest BCUT2D eigenvalue weighted by atomic mass is 16.3. The van der Waals surface area contributed by atoms with Gasteiger partial charge in [-0.05, 0) is 49.7 Å². The lowest BCUT2D eigenvalue weighted by atomic mass is 10.1. The monoisotopic (exact) mass is 405 g/mol. The Hall–Kier alpha value is -3.48. The molecule has 7 nitrogen and oxygen atoms in total. The average Bonchev–Trinajstić information content (AvgIpc) is 3.29. The van der Waals surface area contributed by atoms with Crippen molar-refractivity contribution in [1.82, 2.24) is 9.88 Å². The van der Waals surface area contributed by atoms with E-state index in [1.54, 1.807) is 24.3 Å². The van der Waals surface area contributed by atoms with Crippen molar-refractivity contribution in [2.24, 2.45) is 0 Å². The molecule has 4 rings (SSSR count). The first-order chi connectivity index (χ1) is 14.4. The minimum absolute atomic E-state index is 0.00433. The number of hydrogen-bond donors (Lipinski definition) is 0. The molecule has 0 aliphatic carbocycles. The molecule has 1 aliphatic rings. The van der Waals surface area contributed by atoms with Gasteiger partial charge in [0.15, 0.2) is 5.58 Å². The van der Waals surface area contributed by atoms with Gasteiger partial charge in [-0.25, -0.2) is 9.88 Å². The molecule has 0 N–H and O–H groups in total. The predicted octanol–water partition coefficient (Wildman–Crippen LogP) is 3.77. The topological polar surface area (TPSA) is 83.7 Å². The van der Waals surface area contributed by atoms with Gasteiger partial charge in [0.25, 0.3) is 5.91 Å². The Morgan fingerprint density at radius 3 is 2.53 bits per heavy atom. The Morgan fingerprint density at radius 2 is 1.90 bits per heavy atom. The third-order valence-corrected chi connectivity index (χ3v) is 5.55. The van der Waals surface area contributed by atoms with Crippen LogP contribution in [0.1, 0.15) is 33.6 Å². The summed E-state index contributed by atoms with van der Waals surface area (Å²) in [5.74, 6) is -0.415. The first-order valence-corrected chi connectivity index (χ1v) is 10.0. The number of benzene rings is 2. The molecule has 2 atom stereocenters. The number of carbonyl (C=O) groups is 3. The Kier molecular flexibility index (Phi) is 5.11. The second kappa shape index (κ2) is 7.74. The smallest absolute Gasteiger partial charge is 0.257 e. The number of anilines is 1. The molecule has 1 aromatic heterocycles. The molecule has 2 unspecified atom stereocenters. The van der Waals surface area contributed by atoms with Gasteiger partial charge in [-0.2, -0.15) is 0 Å². The number of aromatic nitrogens is 1. The maximum Gasteiger partial charge on any atom is 0.257 e. The number of para-hydroxylation sites is 2. The molecule has 1 aliphatic heterocycles. The predicted molar refractivity (Wildman–Crippen MR) is 113 cm³/mol. The van der Waals surface area contributed by atoms with E-state index in [0.29, 0.717) is 23.6 Å². The van der Waals surface area contributed by atoms with Crippen LogP contribution in [0.25, 0.3) is 22.6 Å². The lowest BCUT2D eigenvalue weighted by molar-refractivity contribution is -0.138. The van der Waals surface area contributed by atoms with Crippen LogP contribution in [0.5, 0.6) is 0 Å². The Bertz CT molecular complexity index is 1090. The first kappa shape index (κ1) is 19.8. The fourth-order valence-electron chi connectivity index (χ4n) is 3.89. The molecule has 0 saturated carbocycles. The van der Waals surface area contributed by atoms with E-state index in [2.05, 4.69) is 4.98 Å². The van der Waals surface area contributed by atoms with Gasteiger partial charge < -0.3 is 9.32 Å². The quantitative estimate of drug-likeness (QED) is 0.603. The van der Waals surface area contributed by atoms with Gasteiger partial charge >= 0.3 is 0 Å². The van der Waals surface area contributed by atoms with Gasteiger partial charge in [0.1, 0.15) is 11.6 Å². The van der Waals surface area contributed by atoms with Crippen LogP contribution in [0.4, 0.5) is 5.69 Å². The summed E-state index contributed by atoms with van der Waals surface area (Å²) in [7, 11) is 0. The Labute approximate surface area is 174 Å². The summed E-state index contributed by atoms with van der Waals surface area (Å²) in [6, 6.07) is 13.5. The normalized spacial score (nSPS) is 17.6. The molecule has 7 heteroatoms. The molecule has 2 aromatic carbocycles. The fraction of sp³-hybridized carbons (Fsp3) is 0.304. The summed E-state index contributed by atoms with van der Waals surface area (Å²) in [6.07, 6.45) is 0.701. The van der Waals surface area contributed by atoms with E-state index in [-0.39, 0.29) is 30.2 Å². The van der Waals surface area contributed by atoms with E-state index in [4.69, 9.17) is 4.42 Å². The largest absolute Gasteiger partial charge is 0.436 e. The van der Waals surface area contributed by atoms with Crippen LogP contribution >= 0.6 is 0 Å². The molecular formula is C23H23N3O4. The lowest BCUT2D eigenvalue weighted by Gasteiger charge is -2.31. The highest BCUT2D eigenvalue weighted by Crippen LogP contribution is 2.30. The highest BCUT2D eigenvalue weighted by Gasteiger charge is 2.44. The molecule has 3 aromatic rings. The summed E-state index contributed by atoms with van der Waals surface area (Å²) < 4.78 is 5.77. The van der Waals surface area contributed by atoms with E-state index in [1.807, 2.05) is 38.1 Å². The van der Waals surface area contributed by atoms with E-state index in [9.17, 15) is 14.4 Å². The summed E-state index contributed by atoms with van der Waals surface area (Å²) in [4.78, 5) is 45.0. The van der Waals surface area contributed by atoms with Crippen molar-refractivity contribution in [3.8, 4) is 11.5 Å². The first-order valence-electron chi connectivity index (χ1n) is 10.0. The van der Waals surface area contributed by atoms with Crippen molar-refractivity contribution in [1.29, 1.82) is 0 Å². The maximum absolute atomic E-state index is 13.0. The van der Waals surface area contributed by atoms with Gasteiger partial charge in [0.2, 0.25) is 17.7 Å². The van der Waals surface area contributed by atoms with Crippen molar-refractivity contribution in [3.05, 3.63) is 48.5 Å². The van der Waals surface area contributed by atoms with E-state index < -0.39 is 6.04 Å². The van der Waals surface area contributed by atoms with Crippen molar-refractivity contribution in [3.63, 3.8) is 0 Å². The highest BCUT2D eigenvalue weighted by molar-refractivity contribution is 6.23. The molecule has 2 heterocycles. The number of hydrogen-bond acceptors (Lipinski definition) is 5. The molecule has 3 amide bonds. The standard InChI is InChI=1S/C23H23N3O4/c1-4-14(2)25(15(3)27)19-13-21(28)26(23(19)29)17-11-9-16(10-12-17)22-24-18-7-5-6-8-20(18)30-22/h5-12,14,19H,4,13H2,1-3H3. The van der Waals surface area contributed by atoms with Crippen molar-refractivity contribution < 1.29 is 18.8 Å². The minimum Gasteiger partial charge on any atom is -0.436 e. The van der Waals surface area contributed by atoms with E-state index >= 15 is 0 Å². The van der Waals surface area contributed by atoms with Crippen LogP contribution in [-0.4, -0.2) is 39.7 Å². The second-order valence-corrected chi connectivity index (χ2v) is 7.50. The number of rotatable bonds is 5. The molecule has 0 spiro atoms. The number of fused-ring (bicyclic) bond motifs is 1. The van der Waals surface area contributed by atoms with Crippen LogP contribution in [-0.2, 0) is 14.4 Å². The maximum atomic E-state index is 13.0. The SMILES string of the molecule is CCC(C)N(C(C)=O)C1CC(=O)N(c2ccc(-c3nc4ccccc4o3)cc2)C1=O. The lowest BCUT2D eigenvalue weighted by Crippen LogP contribution is -2.48. The summed E-state index contributed by atoms with van der Waals surface area (Å²) in [6.45, 7) is 5.27. The van der Waals surface area contributed by atoms with Gasteiger partial charge in [-0.1, -0.05) is 19.1 Å². The van der Waals surface area contributed by atoms with Crippen LogP contribution in [0.2, 0.25) is 0 Å². The van der Waals surface area contributed by atoms with Crippen LogP contribution in [0, 0.1) is 0 Å². The molecule has 1 saturated heterocycles. The molecule has 1 fully saturated rings. The minimum atomic E-state index is -0.762. The third kappa shape index (κ3) is 3.36. The van der Waals surface area contributed by atoms with Crippen LogP contribution in [0.3, 0.4) is 0 Å². The van der Waals surface area contributed by atoms with Crippen molar-refractivity contribution in [2.75, 3.05) is 4.90 Å². The van der Waals surface area contributed by atoms with Crippen molar-refractivity contribution in [2.45, 2.75) is 45.7 Å². The zero-order valence-electron chi connectivity index (χ0n) is 17.2. The van der Waals surface area contributed by atoms with E-state index in [1.165, 1.54) is 16.7 Å². The Balaban J connectivity index is 1.60. The fourth-order valence-corrected chi connectivity index (χ4v) is 3.89. The molecular weight excluding hydrogens is 382 g/mol. The molecule has 154 valence electrons. The molecule has 0 bridgehead atoms. The summed E-state index contributed by atoms with van der Waals surface area (Å²) in [5, 5.41) is 0. The average molecular weight is 405 g/mol. The van der Waals surface area contributed by atoms with Gasteiger partial charge in [0, 0.05) is 18.5 Å². The van der Waals surface area contributed by atoms with Gasteiger partial charge in [-0.15, -0.1) is 0 Å². The van der Waals surface area contributed by atoms with Crippen LogP contribution < -0.4 is 4.90 Å². The summed E-state index contributed by atoms with van der Waals surface area (Å²) in [5.41, 5.74) is 2.67. The van der Waals surface area contributed by atoms with Crippen LogP contribution in [0.15, 0.2) is 52.9 Å². The number of carbonyl (C=O) groups excluding carboxylic acids is 3. The molecule has 30 heavy (non-hydrogen) atoms. The van der Waals surface area contributed by atoms with E-state index in [0.717, 1.165) is 11.1 Å². The summed E-state index contributed by atoms with van der Waals surface area (Å²) >= 11 is 0. The zero-order valence-corrected chi connectivity index (χ0v) is 17.2. The van der Waals surface area contributed by atoms with Crippen molar-refractivity contribution >= 4 is 34.5 Å².